The van der Waals surface area contributed by atoms with Gasteiger partial charge in [-0.25, -0.2) is 0 Å². The Labute approximate surface area is 104 Å². The number of amides is 1. The molecule has 1 N–H and O–H groups in total. The summed E-state index contributed by atoms with van der Waals surface area (Å²) in [6, 6.07) is 2.09. The number of carbonyl (C=O) groups is 1. The highest BCUT2D eigenvalue weighted by atomic mass is 16.2. The molecule has 1 aliphatic rings. The predicted octanol–water partition coefficient (Wildman–Crippen LogP) is 1.53. The number of hydrogen-bond donors (Lipinski definition) is 1. The number of nitriles is 1. The van der Waals surface area contributed by atoms with E-state index in [1.165, 1.54) is 0 Å². The molecule has 0 radical (unpaired) electrons. The van der Waals surface area contributed by atoms with Gasteiger partial charge in [-0.1, -0.05) is 13.3 Å². The van der Waals surface area contributed by atoms with E-state index >= 15 is 0 Å². The smallest absolute Gasteiger partial charge is 0.229 e. The zero-order valence-corrected chi connectivity index (χ0v) is 11.0. The molecular formula is C13H23N3O. The summed E-state index contributed by atoms with van der Waals surface area (Å²) in [6.07, 6.45) is 4.43. The Hall–Kier alpha value is -1.08. The molecular weight excluding hydrogens is 214 g/mol. The van der Waals surface area contributed by atoms with Gasteiger partial charge in [0, 0.05) is 20.1 Å². The van der Waals surface area contributed by atoms with E-state index < -0.39 is 0 Å². The lowest BCUT2D eigenvalue weighted by Crippen LogP contribution is -2.51. The number of nitrogens with zero attached hydrogens (tertiary/aromatic N) is 2. The minimum atomic E-state index is -0.225. The molecule has 96 valence electrons. The van der Waals surface area contributed by atoms with Crippen LogP contribution in [0.5, 0.6) is 0 Å². The molecule has 17 heavy (non-hydrogen) atoms. The van der Waals surface area contributed by atoms with Crippen molar-refractivity contribution < 1.29 is 4.79 Å². The predicted molar refractivity (Wildman–Crippen MR) is 67.3 cm³/mol. The highest BCUT2D eigenvalue weighted by Gasteiger charge is 2.40. The second kappa shape index (κ2) is 6.61. The number of nitrogens with one attached hydrogen (secondary N) is 1. The van der Waals surface area contributed by atoms with Crippen molar-refractivity contribution in [3.05, 3.63) is 0 Å². The van der Waals surface area contributed by atoms with Crippen LogP contribution in [0.4, 0.5) is 0 Å². The summed E-state index contributed by atoms with van der Waals surface area (Å²) in [7, 11) is 1.81. The molecule has 1 fully saturated rings. The topological polar surface area (TPSA) is 56.1 Å². The van der Waals surface area contributed by atoms with Crippen LogP contribution in [0.2, 0.25) is 0 Å². The van der Waals surface area contributed by atoms with E-state index in [0.29, 0.717) is 13.0 Å². The molecule has 1 aliphatic heterocycles. The van der Waals surface area contributed by atoms with Crippen LogP contribution in [0.3, 0.4) is 0 Å². The van der Waals surface area contributed by atoms with Gasteiger partial charge in [0.15, 0.2) is 0 Å². The third-order valence-corrected chi connectivity index (χ3v) is 3.56. The van der Waals surface area contributed by atoms with Gasteiger partial charge in [-0.3, -0.25) is 4.79 Å². The van der Waals surface area contributed by atoms with Crippen LogP contribution in [-0.2, 0) is 4.79 Å². The van der Waals surface area contributed by atoms with Gasteiger partial charge in [0.25, 0.3) is 0 Å². The fraction of sp³-hybridized carbons (Fsp3) is 0.846. The molecule has 1 heterocycles. The van der Waals surface area contributed by atoms with E-state index in [4.69, 9.17) is 5.26 Å². The van der Waals surface area contributed by atoms with Crippen molar-refractivity contribution in [3.8, 4) is 6.07 Å². The van der Waals surface area contributed by atoms with Crippen LogP contribution in [0.1, 0.15) is 39.0 Å². The maximum Gasteiger partial charge on any atom is 0.229 e. The maximum atomic E-state index is 12.5. The lowest BCUT2D eigenvalue weighted by molar-refractivity contribution is -0.142. The van der Waals surface area contributed by atoms with Crippen LogP contribution < -0.4 is 5.32 Å². The molecule has 4 heteroatoms. The highest BCUT2D eigenvalue weighted by Crippen LogP contribution is 2.33. The summed E-state index contributed by atoms with van der Waals surface area (Å²) < 4.78 is 0. The van der Waals surface area contributed by atoms with Crippen molar-refractivity contribution in [2.45, 2.75) is 39.0 Å². The van der Waals surface area contributed by atoms with Crippen LogP contribution >= 0.6 is 0 Å². The third kappa shape index (κ3) is 3.44. The van der Waals surface area contributed by atoms with Crippen molar-refractivity contribution in [2.75, 3.05) is 26.7 Å². The Balaban J connectivity index is 2.69. The Bertz CT molecular complexity index is 284. The second-order valence-electron chi connectivity index (χ2n) is 4.95. The van der Waals surface area contributed by atoms with Crippen molar-refractivity contribution in [1.29, 1.82) is 5.26 Å². The second-order valence-corrected chi connectivity index (χ2v) is 4.95. The average Bonchev–Trinajstić information content (AvgIpc) is 2.36. The quantitative estimate of drug-likeness (QED) is 0.789. The Kier molecular flexibility index (Phi) is 5.43. The van der Waals surface area contributed by atoms with E-state index in [2.05, 4.69) is 18.3 Å². The zero-order valence-electron chi connectivity index (χ0n) is 11.0. The largest absolute Gasteiger partial charge is 0.344 e. The minimum Gasteiger partial charge on any atom is -0.344 e. The first-order valence-corrected chi connectivity index (χ1v) is 6.49. The lowest BCUT2D eigenvalue weighted by atomic mass is 9.76. The summed E-state index contributed by atoms with van der Waals surface area (Å²) in [5.41, 5.74) is -0.225. The molecule has 1 atom stereocenters. The van der Waals surface area contributed by atoms with E-state index in [0.717, 1.165) is 38.8 Å². The van der Waals surface area contributed by atoms with Gasteiger partial charge in [0.05, 0.1) is 17.9 Å². The van der Waals surface area contributed by atoms with Crippen molar-refractivity contribution in [1.82, 2.24) is 10.2 Å². The fourth-order valence-electron chi connectivity index (χ4n) is 2.67. The van der Waals surface area contributed by atoms with Crippen molar-refractivity contribution in [3.63, 3.8) is 0 Å². The standard InChI is InChI=1S/C13H23N3O/c1-3-6-13(7-4-9-15-11-13)12(17)16(2)10-5-8-14/h15H,3-7,9-11H2,1-2H3. The molecule has 1 saturated heterocycles. The van der Waals surface area contributed by atoms with Crippen LogP contribution in [0.25, 0.3) is 0 Å². The lowest BCUT2D eigenvalue weighted by Gasteiger charge is -2.39. The molecule has 0 spiro atoms. The number of piperidine rings is 1. The van der Waals surface area contributed by atoms with E-state index in [9.17, 15) is 4.79 Å². The van der Waals surface area contributed by atoms with Crippen molar-refractivity contribution >= 4 is 5.91 Å². The number of rotatable bonds is 5. The number of carbonyl (C=O) groups excluding carboxylic acids is 1. The molecule has 1 amide bonds. The monoisotopic (exact) mass is 237 g/mol. The zero-order chi connectivity index (χ0) is 12.7. The SMILES string of the molecule is CCCC1(C(=O)N(C)CCC#N)CCCNC1. The highest BCUT2D eigenvalue weighted by molar-refractivity contribution is 5.83. The van der Waals surface area contributed by atoms with Crippen molar-refractivity contribution in [2.24, 2.45) is 5.41 Å². The van der Waals surface area contributed by atoms with Gasteiger partial charge in [-0.05, 0) is 25.8 Å². The van der Waals surface area contributed by atoms with Gasteiger partial charge in [-0.15, -0.1) is 0 Å². The molecule has 0 aromatic carbocycles. The molecule has 0 aromatic heterocycles. The first-order valence-electron chi connectivity index (χ1n) is 6.49. The Morgan fingerprint density at radius 3 is 2.88 bits per heavy atom. The third-order valence-electron chi connectivity index (χ3n) is 3.56. The summed E-state index contributed by atoms with van der Waals surface area (Å²) in [5, 5.41) is 11.9. The molecule has 1 rings (SSSR count). The van der Waals surface area contributed by atoms with Gasteiger partial charge in [0.1, 0.15) is 0 Å². The van der Waals surface area contributed by atoms with Gasteiger partial charge < -0.3 is 10.2 Å². The number of hydrogen-bond acceptors (Lipinski definition) is 3. The summed E-state index contributed by atoms with van der Waals surface area (Å²) >= 11 is 0. The van der Waals surface area contributed by atoms with E-state index in [-0.39, 0.29) is 11.3 Å². The molecule has 0 bridgehead atoms. The summed E-state index contributed by atoms with van der Waals surface area (Å²) in [6.45, 7) is 4.47. The molecule has 0 aromatic rings. The van der Waals surface area contributed by atoms with Crippen LogP contribution in [0, 0.1) is 16.7 Å². The van der Waals surface area contributed by atoms with Crippen LogP contribution in [0.15, 0.2) is 0 Å². The molecule has 1 unspecified atom stereocenters. The Morgan fingerprint density at radius 1 is 1.59 bits per heavy atom. The maximum absolute atomic E-state index is 12.5. The minimum absolute atomic E-state index is 0.210. The molecule has 0 saturated carbocycles. The molecule has 0 aliphatic carbocycles. The first kappa shape index (κ1) is 14.0. The van der Waals surface area contributed by atoms with Crippen LogP contribution in [-0.4, -0.2) is 37.5 Å². The first-order chi connectivity index (χ1) is 8.16. The van der Waals surface area contributed by atoms with Gasteiger partial charge in [-0.2, -0.15) is 5.26 Å². The van der Waals surface area contributed by atoms with Gasteiger partial charge in [0.2, 0.25) is 5.91 Å². The summed E-state index contributed by atoms with van der Waals surface area (Å²) in [5.74, 6) is 0.210. The Morgan fingerprint density at radius 2 is 2.35 bits per heavy atom. The molecule has 4 nitrogen and oxygen atoms in total. The van der Waals surface area contributed by atoms with Gasteiger partial charge >= 0.3 is 0 Å². The van der Waals surface area contributed by atoms with E-state index in [1.807, 2.05) is 7.05 Å². The fourth-order valence-corrected chi connectivity index (χ4v) is 2.67. The normalized spacial score (nSPS) is 24.1. The average molecular weight is 237 g/mol. The van der Waals surface area contributed by atoms with E-state index in [1.54, 1.807) is 4.90 Å². The summed E-state index contributed by atoms with van der Waals surface area (Å²) in [4.78, 5) is 14.2.